The van der Waals surface area contributed by atoms with Crippen molar-refractivity contribution in [1.29, 1.82) is 0 Å². The molecule has 0 unspecified atom stereocenters. The Morgan fingerprint density at radius 1 is 0.957 bits per heavy atom. The molecule has 122 valence electrons. The highest BCUT2D eigenvalue weighted by Gasteiger charge is 2.07. The van der Waals surface area contributed by atoms with Gasteiger partial charge in [-0.15, -0.1) is 0 Å². The molecule has 6 heteroatoms. The lowest BCUT2D eigenvalue weighted by atomic mass is 10.2. The molecule has 0 fully saturated rings. The van der Waals surface area contributed by atoms with Gasteiger partial charge in [0.1, 0.15) is 17.2 Å². The second-order valence-corrected chi connectivity index (χ2v) is 5.13. The SMILES string of the molecule is COc1cccc(CNC(=S)Nc2ccc(OC)cc2OC)c1. The fraction of sp³-hybridized carbons (Fsp3) is 0.235. The summed E-state index contributed by atoms with van der Waals surface area (Å²) in [5.74, 6) is 2.21. The Morgan fingerprint density at radius 3 is 2.39 bits per heavy atom. The molecule has 0 saturated carbocycles. The molecule has 0 aliphatic heterocycles. The van der Waals surface area contributed by atoms with Gasteiger partial charge in [-0.2, -0.15) is 0 Å². The highest BCUT2D eigenvalue weighted by molar-refractivity contribution is 7.80. The Morgan fingerprint density at radius 2 is 1.70 bits per heavy atom. The molecule has 0 atom stereocenters. The van der Waals surface area contributed by atoms with Crippen molar-refractivity contribution in [2.24, 2.45) is 0 Å². The molecular formula is C17H20N2O3S. The fourth-order valence-electron chi connectivity index (χ4n) is 2.03. The molecule has 0 aliphatic rings. The maximum Gasteiger partial charge on any atom is 0.171 e. The van der Waals surface area contributed by atoms with Crippen molar-refractivity contribution in [3.8, 4) is 17.2 Å². The van der Waals surface area contributed by atoms with E-state index in [0.717, 1.165) is 22.7 Å². The first-order valence-electron chi connectivity index (χ1n) is 7.06. The van der Waals surface area contributed by atoms with Gasteiger partial charge in [-0.25, -0.2) is 0 Å². The third-order valence-corrected chi connectivity index (χ3v) is 3.49. The number of hydrogen-bond acceptors (Lipinski definition) is 4. The van der Waals surface area contributed by atoms with Gasteiger partial charge >= 0.3 is 0 Å². The molecule has 2 aromatic carbocycles. The molecule has 0 aliphatic carbocycles. The van der Waals surface area contributed by atoms with Crippen LogP contribution in [0.1, 0.15) is 5.56 Å². The quantitative estimate of drug-likeness (QED) is 0.792. The lowest BCUT2D eigenvalue weighted by Crippen LogP contribution is -2.28. The number of anilines is 1. The Kier molecular flexibility index (Phi) is 6.05. The first kappa shape index (κ1) is 16.9. The van der Waals surface area contributed by atoms with E-state index < -0.39 is 0 Å². The number of ether oxygens (including phenoxy) is 3. The van der Waals surface area contributed by atoms with Gasteiger partial charge in [0.25, 0.3) is 0 Å². The molecule has 5 nitrogen and oxygen atoms in total. The van der Waals surface area contributed by atoms with Crippen LogP contribution < -0.4 is 24.8 Å². The average molecular weight is 332 g/mol. The summed E-state index contributed by atoms with van der Waals surface area (Å²) in [5.41, 5.74) is 1.85. The predicted octanol–water partition coefficient (Wildman–Crippen LogP) is 3.20. The number of rotatable bonds is 6. The minimum absolute atomic E-state index is 0.510. The van der Waals surface area contributed by atoms with Crippen LogP contribution in [0.2, 0.25) is 0 Å². The standard InChI is InChI=1S/C17H20N2O3S/c1-20-13-6-4-5-12(9-13)11-18-17(23)19-15-8-7-14(21-2)10-16(15)22-3/h4-10H,11H2,1-3H3,(H2,18,19,23). The van der Waals surface area contributed by atoms with E-state index in [0.29, 0.717) is 17.4 Å². The Bertz CT molecular complexity index is 677. The minimum Gasteiger partial charge on any atom is -0.497 e. The van der Waals surface area contributed by atoms with Gasteiger partial charge in [-0.1, -0.05) is 12.1 Å². The van der Waals surface area contributed by atoms with E-state index >= 15 is 0 Å². The van der Waals surface area contributed by atoms with Gasteiger partial charge in [0.05, 0.1) is 27.0 Å². The third kappa shape index (κ3) is 4.75. The second kappa shape index (κ2) is 8.24. The molecule has 0 heterocycles. The summed E-state index contributed by atoms with van der Waals surface area (Å²) < 4.78 is 15.7. The number of hydrogen-bond donors (Lipinski definition) is 2. The molecule has 2 aromatic rings. The number of methoxy groups -OCH3 is 3. The highest BCUT2D eigenvalue weighted by atomic mass is 32.1. The van der Waals surface area contributed by atoms with Crippen LogP contribution in [0.15, 0.2) is 42.5 Å². The van der Waals surface area contributed by atoms with Crippen LogP contribution >= 0.6 is 12.2 Å². The zero-order valence-electron chi connectivity index (χ0n) is 13.4. The van der Waals surface area contributed by atoms with Crippen LogP contribution in [0, 0.1) is 0 Å². The maximum absolute atomic E-state index is 5.34. The molecule has 0 aromatic heterocycles. The van der Waals surface area contributed by atoms with Crippen LogP contribution in [-0.2, 0) is 6.54 Å². The molecule has 2 N–H and O–H groups in total. The lowest BCUT2D eigenvalue weighted by Gasteiger charge is -2.14. The Labute approximate surface area is 141 Å². The van der Waals surface area contributed by atoms with Crippen molar-refractivity contribution in [3.63, 3.8) is 0 Å². The largest absolute Gasteiger partial charge is 0.497 e. The summed E-state index contributed by atoms with van der Waals surface area (Å²) in [5, 5.41) is 6.79. The fourth-order valence-corrected chi connectivity index (χ4v) is 2.22. The summed E-state index contributed by atoms with van der Waals surface area (Å²) in [7, 11) is 4.86. The van der Waals surface area contributed by atoms with Crippen LogP contribution in [-0.4, -0.2) is 26.4 Å². The molecule has 0 radical (unpaired) electrons. The molecular weight excluding hydrogens is 312 g/mol. The molecule has 2 rings (SSSR count). The Balaban J connectivity index is 1.96. The third-order valence-electron chi connectivity index (χ3n) is 3.24. The van der Waals surface area contributed by atoms with Crippen LogP contribution in [0.4, 0.5) is 5.69 Å². The molecule has 0 spiro atoms. The second-order valence-electron chi connectivity index (χ2n) is 4.73. The van der Waals surface area contributed by atoms with Gasteiger partial charge in [-0.05, 0) is 42.0 Å². The number of thiocarbonyl (C=S) groups is 1. The van der Waals surface area contributed by atoms with E-state index in [1.807, 2.05) is 36.4 Å². The molecule has 0 amide bonds. The van der Waals surface area contributed by atoms with Crippen molar-refractivity contribution in [1.82, 2.24) is 5.32 Å². The van der Waals surface area contributed by atoms with Crippen LogP contribution in [0.25, 0.3) is 0 Å². The summed E-state index contributed by atoms with van der Waals surface area (Å²) in [6.45, 7) is 0.599. The van der Waals surface area contributed by atoms with E-state index in [4.69, 9.17) is 26.4 Å². The Hall–Kier alpha value is -2.47. The van der Waals surface area contributed by atoms with E-state index in [1.54, 1.807) is 27.4 Å². The van der Waals surface area contributed by atoms with Gasteiger partial charge in [0.2, 0.25) is 0 Å². The maximum atomic E-state index is 5.34. The number of nitrogens with one attached hydrogen (secondary N) is 2. The molecule has 0 saturated heterocycles. The average Bonchev–Trinajstić information content (AvgIpc) is 2.60. The molecule has 23 heavy (non-hydrogen) atoms. The first-order valence-corrected chi connectivity index (χ1v) is 7.47. The summed E-state index contributed by atoms with van der Waals surface area (Å²) in [6.07, 6.45) is 0. The zero-order chi connectivity index (χ0) is 16.7. The topological polar surface area (TPSA) is 51.8 Å². The lowest BCUT2D eigenvalue weighted by molar-refractivity contribution is 0.395. The normalized spacial score (nSPS) is 9.87. The van der Waals surface area contributed by atoms with E-state index in [-0.39, 0.29) is 0 Å². The van der Waals surface area contributed by atoms with Gasteiger partial charge in [0.15, 0.2) is 5.11 Å². The first-order chi connectivity index (χ1) is 11.2. The van der Waals surface area contributed by atoms with Crippen molar-refractivity contribution < 1.29 is 14.2 Å². The predicted molar refractivity (Wildman–Crippen MR) is 95.6 cm³/mol. The highest BCUT2D eigenvalue weighted by Crippen LogP contribution is 2.28. The van der Waals surface area contributed by atoms with Crippen LogP contribution in [0.5, 0.6) is 17.2 Å². The minimum atomic E-state index is 0.510. The summed E-state index contributed by atoms with van der Waals surface area (Å²) >= 11 is 5.32. The van der Waals surface area contributed by atoms with Crippen molar-refractivity contribution in [2.75, 3.05) is 26.6 Å². The van der Waals surface area contributed by atoms with Crippen molar-refractivity contribution in [3.05, 3.63) is 48.0 Å². The smallest absolute Gasteiger partial charge is 0.171 e. The summed E-state index contributed by atoms with van der Waals surface area (Å²) in [4.78, 5) is 0. The van der Waals surface area contributed by atoms with Gasteiger partial charge in [0, 0.05) is 12.6 Å². The van der Waals surface area contributed by atoms with Gasteiger partial charge in [-0.3, -0.25) is 0 Å². The monoisotopic (exact) mass is 332 g/mol. The van der Waals surface area contributed by atoms with Crippen molar-refractivity contribution >= 4 is 23.0 Å². The van der Waals surface area contributed by atoms with E-state index in [9.17, 15) is 0 Å². The zero-order valence-corrected chi connectivity index (χ0v) is 14.2. The van der Waals surface area contributed by atoms with Crippen molar-refractivity contribution in [2.45, 2.75) is 6.54 Å². The number of benzene rings is 2. The van der Waals surface area contributed by atoms with E-state index in [2.05, 4.69) is 10.6 Å². The van der Waals surface area contributed by atoms with E-state index in [1.165, 1.54) is 0 Å². The molecule has 0 bridgehead atoms. The summed E-state index contributed by atoms with van der Waals surface area (Å²) in [6, 6.07) is 13.3. The van der Waals surface area contributed by atoms with Crippen LogP contribution in [0.3, 0.4) is 0 Å². The van der Waals surface area contributed by atoms with Gasteiger partial charge < -0.3 is 24.8 Å².